The molecule has 0 bridgehead atoms. The molecule has 1 aromatic carbocycles. The molecule has 17 heavy (non-hydrogen) atoms. The summed E-state index contributed by atoms with van der Waals surface area (Å²) in [6.07, 6.45) is 3.74. The monoisotopic (exact) mass is 252 g/mol. The highest BCUT2D eigenvalue weighted by Gasteiger charge is 2.24. The molecule has 2 nitrogen and oxygen atoms in total. The fraction of sp³-hybridized carbons (Fsp3) is 0.571. The Hall–Kier alpha value is -0.570. The zero-order valence-electron chi connectivity index (χ0n) is 10.4. The average Bonchev–Trinajstić information content (AvgIpc) is 2.68. The number of nitrogens with zero attached hydrogens (tertiary/aromatic N) is 1. The van der Waals surface area contributed by atoms with Gasteiger partial charge in [-0.3, -0.25) is 0 Å². The van der Waals surface area contributed by atoms with Gasteiger partial charge in [0.25, 0.3) is 0 Å². The second-order valence-corrected chi connectivity index (χ2v) is 5.55. The van der Waals surface area contributed by atoms with Crippen LogP contribution in [-0.4, -0.2) is 24.5 Å². The summed E-state index contributed by atoms with van der Waals surface area (Å²) in [6.45, 7) is 1.98. The van der Waals surface area contributed by atoms with Gasteiger partial charge in [0.2, 0.25) is 0 Å². The van der Waals surface area contributed by atoms with Crippen LogP contribution in [0.5, 0.6) is 0 Å². The molecule has 2 N–H and O–H groups in total. The van der Waals surface area contributed by atoms with Crippen molar-refractivity contribution in [3.63, 3.8) is 0 Å². The molecule has 0 amide bonds. The Morgan fingerprint density at radius 2 is 2.12 bits per heavy atom. The Labute approximate surface area is 109 Å². The molecular weight excluding hydrogens is 232 g/mol. The second kappa shape index (κ2) is 5.85. The highest BCUT2D eigenvalue weighted by Crippen LogP contribution is 2.25. The number of nitrogens with two attached hydrogens (primary N) is 1. The van der Waals surface area contributed by atoms with Crippen LogP contribution in [-0.2, 0) is 6.54 Å². The van der Waals surface area contributed by atoms with Crippen molar-refractivity contribution in [2.75, 3.05) is 13.6 Å². The molecule has 0 aliphatic heterocycles. The zero-order chi connectivity index (χ0) is 12.3. The van der Waals surface area contributed by atoms with Gasteiger partial charge in [-0.15, -0.1) is 0 Å². The van der Waals surface area contributed by atoms with Gasteiger partial charge < -0.3 is 10.6 Å². The summed E-state index contributed by atoms with van der Waals surface area (Å²) in [5.41, 5.74) is 7.30. The summed E-state index contributed by atoms with van der Waals surface area (Å²) in [5, 5.41) is 0.857. The van der Waals surface area contributed by atoms with E-state index in [0.717, 1.165) is 18.1 Å². The number of hydrogen-bond acceptors (Lipinski definition) is 2. The van der Waals surface area contributed by atoms with Crippen molar-refractivity contribution in [2.45, 2.75) is 31.8 Å². The third kappa shape index (κ3) is 3.44. The Morgan fingerprint density at radius 1 is 1.35 bits per heavy atom. The van der Waals surface area contributed by atoms with E-state index in [-0.39, 0.29) is 0 Å². The van der Waals surface area contributed by atoms with E-state index < -0.39 is 0 Å². The molecule has 0 spiro atoms. The minimum atomic E-state index is 0.392. The van der Waals surface area contributed by atoms with Gasteiger partial charge in [-0.2, -0.15) is 0 Å². The van der Waals surface area contributed by atoms with Gasteiger partial charge in [0.15, 0.2) is 0 Å². The molecule has 1 aromatic rings. The van der Waals surface area contributed by atoms with Crippen LogP contribution in [0.2, 0.25) is 5.02 Å². The van der Waals surface area contributed by atoms with Gasteiger partial charge in [0, 0.05) is 24.2 Å². The van der Waals surface area contributed by atoms with Crippen LogP contribution in [0.25, 0.3) is 0 Å². The van der Waals surface area contributed by atoms with E-state index >= 15 is 0 Å². The van der Waals surface area contributed by atoms with Crippen LogP contribution in [0, 0.1) is 5.92 Å². The van der Waals surface area contributed by atoms with Gasteiger partial charge in [-0.1, -0.05) is 36.2 Å². The molecule has 1 saturated carbocycles. The normalized spacial score (nSPS) is 24.5. The van der Waals surface area contributed by atoms with Crippen molar-refractivity contribution in [1.82, 2.24) is 4.90 Å². The molecule has 0 saturated heterocycles. The largest absolute Gasteiger partial charge is 0.327 e. The minimum Gasteiger partial charge on any atom is -0.327 e. The van der Waals surface area contributed by atoms with Crippen molar-refractivity contribution in [2.24, 2.45) is 11.7 Å². The molecule has 1 fully saturated rings. The molecule has 1 aliphatic rings. The lowest BCUT2D eigenvalue weighted by Crippen LogP contribution is -2.34. The Morgan fingerprint density at radius 3 is 2.76 bits per heavy atom. The molecule has 0 heterocycles. The summed E-state index contributed by atoms with van der Waals surface area (Å²) >= 11 is 6.16. The van der Waals surface area contributed by atoms with E-state index in [9.17, 15) is 0 Å². The summed E-state index contributed by atoms with van der Waals surface area (Å²) in [5.74, 6) is 0.655. The smallest absolute Gasteiger partial charge is 0.0451 e. The second-order valence-electron chi connectivity index (χ2n) is 5.14. The Kier molecular flexibility index (Phi) is 4.43. The molecule has 2 rings (SSSR count). The maximum absolute atomic E-state index is 6.16. The lowest BCUT2D eigenvalue weighted by Gasteiger charge is -2.24. The molecule has 1 aliphatic carbocycles. The van der Waals surface area contributed by atoms with Crippen LogP contribution in [0.3, 0.4) is 0 Å². The first-order valence-electron chi connectivity index (χ1n) is 6.34. The van der Waals surface area contributed by atoms with E-state index in [1.807, 2.05) is 18.2 Å². The molecule has 94 valence electrons. The zero-order valence-corrected chi connectivity index (χ0v) is 11.2. The predicted molar refractivity (Wildman–Crippen MR) is 73.1 cm³/mol. The Balaban J connectivity index is 1.89. The average molecular weight is 253 g/mol. The first-order chi connectivity index (χ1) is 8.16. The van der Waals surface area contributed by atoms with Gasteiger partial charge in [-0.25, -0.2) is 0 Å². The maximum Gasteiger partial charge on any atom is 0.0451 e. The van der Waals surface area contributed by atoms with Crippen molar-refractivity contribution in [3.8, 4) is 0 Å². The van der Waals surface area contributed by atoms with E-state index in [1.54, 1.807) is 0 Å². The predicted octanol–water partition coefficient (Wildman–Crippen LogP) is 2.90. The fourth-order valence-corrected chi connectivity index (χ4v) is 2.87. The van der Waals surface area contributed by atoms with E-state index in [4.69, 9.17) is 17.3 Å². The number of benzene rings is 1. The first-order valence-corrected chi connectivity index (χ1v) is 6.72. The van der Waals surface area contributed by atoms with Crippen LogP contribution in [0.1, 0.15) is 24.8 Å². The summed E-state index contributed by atoms with van der Waals surface area (Å²) in [6, 6.07) is 8.44. The van der Waals surface area contributed by atoms with Crippen molar-refractivity contribution < 1.29 is 0 Å². The van der Waals surface area contributed by atoms with E-state index in [0.29, 0.717) is 12.0 Å². The molecule has 3 heteroatoms. The van der Waals surface area contributed by atoms with Gasteiger partial charge in [0.1, 0.15) is 0 Å². The quantitative estimate of drug-likeness (QED) is 0.893. The molecule has 2 atom stereocenters. The number of hydrogen-bond donors (Lipinski definition) is 1. The maximum atomic E-state index is 6.16. The van der Waals surface area contributed by atoms with E-state index in [2.05, 4.69) is 18.0 Å². The topological polar surface area (TPSA) is 29.3 Å². The van der Waals surface area contributed by atoms with Crippen molar-refractivity contribution in [3.05, 3.63) is 34.9 Å². The summed E-state index contributed by atoms with van der Waals surface area (Å²) in [7, 11) is 2.15. The van der Waals surface area contributed by atoms with Crippen LogP contribution < -0.4 is 5.73 Å². The molecule has 0 aromatic heterocycles. The SMILES string of the molecule is CN(Cc1ccccc1Cl)CC1CCCC1N. The Bertz CT molecular complexity index is 367. The lowest BCUT2D eigenvalue weighted by molar-refractivity contribution is 0.259. The van der Waals surface area contributed by atoms with Crippen LogP contribution in [0.15, 0.2) is 24.3 Å². The highest BCUT2D eigenvalue weighted by atomic mass is 35.5. The van der Waals surface area contributed by atoms with Crippen molar-refractivity contribution >= 4 is 11.6 Å². The summed E-state index contributed by atoms with van der Waals surface area (Å²) in [4.78, 5) is 2.33. The van der Waals surface area contributed by atoms with Gasteiger partial charge in [0.05, 0.1) is 0 Å². The third-order valence-electron chi connectivity index (χ3n) is 3.66. The minimum absolute atomic E-state index is 0.392. The molecule has 0 radical (unpaired) electrons. The molecular formula is C14H21ClN2. The fourth-order valence-electron chi connectivity index (χ4n) is 2.67. The third-order valence-corrected chi connectivity index (χ3v) is 4.03. The molecule has 2 unspecified atom stereocenters. The lowest BCUT2D eigenvalue weighted by atomic mass is 10.0. The first kappa shape index (κ1) is 12.9. The van der Waals surface area contributed by atoms with Crippen LogP contribution >= 0.6 is 11.6 Å². The number of halogens is 1. The summed E-state index contributed by atoms with van der Waals surface area (Å²) < 4.78 is 0. The highest BCUT2D eigenvalue weighted by molar-refractivity contribution is 6.31. The standard InChI is InChI=1S/C14H21ClN2/c1-17(10-12-6-4-8-14(12)16)9-11-5-2-3-7-13(11)15/h2-3,5,7,12,14H,4,6,8-10,16H2,1H3. The van der Waals surface area contributed by atoms with Gasteiger partial charge in [-0.05, 0) is 37.4 Å². The van der Waals surface area contributed by atoms with Crippen molar-refractivity contribution in [1.29, 1.82) is 0 Å². The van der Waals surface area contributed by atoms with E-state index in [1.165, 1.54) is 24.8 Å². The van der Waals surface area contributed by atoms with Gasteiger partial charge >= 0.3 is 0 Å². The number of rotatable bonds is 4. The van der Waals surface area contributed by atoms with Crippen LogP contribution in [0.4, 0.5) is 0 Å².